The van der Waals surface area contributed by atoms with Gasteiger partial charge in [-0.1, -0.05) is 12.1 Å². The van der Waals surface area contributed by atoms with Crippen LogP contribution in [0.4, 0.5) is 0 Å². The van der Waals surface area contributed by atoms with Crippen molar-refractivity contribution in [3.05, 3.63) is 44.8 Å². The molecule has 1 fully saturated rings. The predicted molar refractivity (Wildman–Crippen MR) is 76.0 cm³/mol. The minimum atomic E-state index is -0.574. The third kappa shape index (κ3) is 2.29. The summed E-state index contributed by atoms with van der Waals surface area (Å²) in [7, 11) is 0. The lowest BCUT2D eigenvalue weighted by Crippen LogP contribution is -2.42. The standard InChI is InChI=1S/C14H12N2OS2/c15-8-10-9(12-3-1-5-18-12)7-11(16-14(10)17)13-4-2-6-19-13/h1-6,9-11H,7H2,(H,16,17). The van der Waals surface area contributed by atoms with E-state index in [-0.39, 0.29) is 17.9 Å². The van der Waals surface area contributed by atoms with Crippen LogP contribution >= 0.6 is 22.7 Å². The monoisotopic (exact) mass is 288 g/mol. The number of rotatable bonds is 2. The van der Waals surface area contributed by atoms with Gasteiger partial charge < -0.3 is 5.32 Å². The number of hydrogen-bond acceptors (Lipinski definition) is 4. The van der Waals surface area contributed by atoms with Crippen LogP contribution in [0.1, 0.15) is 28.1 Å². The summed E-state index contributed by atoms with van der Waals surface area (Å²) in [5.74, 6) is -0.716. The molecule has 0 spiro atoms. The molecule has 0 bridgehead atoms. The van der Waals surface area contributed by atoms with E-state index in [1.807, 2.05) is 35.0 Å². The zero-order valence-electron chi connectivity index (χ0n) is 10.1. The van der Waals surface area contributed by atoms with E-state index in [9.17, 15) is 10.1 Å². The molecular weight excluding hydrogens is 276 g/mol. The molecule has 2 aromatic rings. The number of thiophene rings is 2. The van der Waals surface area contributed by atoms with E-state index in [1.54, 1.807) is 22.7 Å². The third-order valence-corrected chi connectivity index (χ3v) is 5.42. The van der Waals surface area contributed by atoms with Crippen LogP contribution in [-0.4, -0.2) is 5.91 Å². The Morgan fingerprint density at radius 2 is 1.89 bits per heavy atom. The molecule has 1 aliphatic heterocycles. The van der Waals surface area contributed by atoms with E-state index in [0.717, 1.165) is 16.2 Å². The van der Waals surface area contributed by atoms with Gasteiger partial charge in [0.05, 0.1) is 12.1 Å². The molecule has 19 heavy (non-hydrogen) atoms. The second-order valence-corrected chi connectivity index (χ2v) is 6.50. The Hall–Kier alpha value is -1.64. The molecule has 0 radical (unpaired) electrons. The minimum absolute atomic E-state index is 0.00542. The van der Waals surface area contributed by atoms with Crippen LogP contribution in [-0.2, 0) is 4.79 Å². The molecule has 2 aromatic heterocycles. The zero-order chi connectivity index (χ0) is 13.2. The molecule has 96 valence electrons. The Morgan fingerprint density at radius 3 is 2.47 bits per heavy atom. The van der Waals surface area contributed by atoms with Crippen LogP contribution in [0.15, 0.2) is 35.0 Å². The van der Waals surface area contributed by atoms with Gasteiger partial charge in [-0.2, -0.15) is 5.26 Å². The van der Waals surface area contributed by atoms with Crippen molar-refractivity contribution >= 4 is 28.6 Å². The smallest absolute Gasteiger partial charge is 0.238 e. The van der Waals surface area contributed by atoms with Crippen molar-refractivity contribution in [1.29, 1.82) is 5.26 Å². The Labute approximate surface area is 119 Å². The van der Waals surface area contributed by atoms with Gasteiger partial charge in [-0.25, -0.2) is 0 Å². The summed E-state index contributed by atoms with van der Waals surface area (Å²) in [5.41, 5.74) is 0. The van der Waals surface area contributed by atoms with Crippen LogP contribution in [0.5, 0.6) is 0 Å². The number of nitrogens with zero attached hydrogens (tertiary/aromatic N) is 1. The van der Waals surface area contributed by atoms with Crippen molar-refractivity contribution < 1.29 is 4.79 Å². The van der Waals surface area contributed by atoms with Gasteiger partial charge in [0.25, 0.3) is 0 Å². The van der Waals surface area contributed by atoms with Crippen LogP contribution in [0.25, 0.3) is 0 Å². The number of nitriles is 1. The van der Waals surface area contributed by atoms with Crippen molar-refractivity contribution in [2.45, 2.75) is 18.4 Å². The second kappa shape index (κ2) is 5.16. The first-order chi connectivity index (χ1) is 9.29. The van der Waals surface area contributed by atoms with E-state index in [4.69, 9.17) is 0 Å². The number of hydrogen-bond donors (Lipinski definition) is 1. The van der Waals surface area contributed by atoms with E-state index >= 15 is 0 Å². The molecule has 1 amide bonds. The molecule has 0 aliphatic carbocycles. The Bertz CT molecular complexity index is 598. The first-order valence-corrected chi connectivity index (χ1v) is 7.82. The summed E-state index contributed by atoms with van der Waals surface area (Å²) in [6.45, 7) is 0. The molecule has 1 N–H and O–H groups in total. The second-order valence-electron chi connectivity index (χ2n) is 4.54. The summed E-state index contributed by atoms with van der Waals surface area (Å²) in [4.78, 5) is 14.4. The maximum absolute atomic E-state index is 12.1. The minimum Gasteiger partial charge on any atom is -0.347 e. The quantitative estimate of drug-likeness (QED) is 0.922. The number of piperidine rings is 1. The number of carbonyl (C=O) groups is 1. The van der Waals surface area contributed by atoms with E-state index in [0.29, 0.717) is 0 Å². The van der Waals surface area contributed by atoms with Gasteiger partial charge in [-0.3, -0.25) is 4.79 Å². The van der Waals surface area contributed by atoms with Crippen molar-refractivity contribution in [3.8, 4) is 6.07 Å². The first kappa shape index (κ1) is 12.4. The molecule has 5 heteroatoms. The maximum Gasteiger partial charge on any atom is 0.238 e. The van der Waals surface area contributed by atoms with Crippen molar-refractivity contribution in [2.24, 2.45) is 5.92 Å². The van der Waals surface area contributed by atoms with Crippen LogP contribution in [0.2, 0.25) is 0 Å². The fraction of sp³-hybridized carbons (Fsp3) is 0.286. The summed E-state index contributed by atoms with van der Waals surface area (Å²) >= 11 is 3.27. The molecule has 0 saturated carbocycles. The molecule has 3 nitrogen and oxygen atoms in total. The van der Waals surface area contributed by atoms with Gasteiger partial charge in [0.15, 0.2) is 0 Å². The number of nitrogens with one attached hydrogen (secondary N) is 1. The highest BCUT2D eigenvalue weighted by Crippen LogP contribution is 2.40. The molecule has 3 unspecified atom stereocenters. The Morgan fingerprint density at radius 1 is 1.21 bits per heavy atom. The van der Waals surface area contributed by atoms with E-state index in [1.165, 1.54) is 0 Å². The molecule has 3 atom stereocenters. The van der Waals surface area contributed by atoms with E-state index < -0.39 is 5.92 Å². The summed E-state index contributed by atoms with van der Waals surface area (Å²) in [6, 6.07) is 10.2. The largest absolute Gasteiger partial charge is 0.347 e. The SMILES string of the molecule is N#CC1C(=O)NC(c2cccs2)CC1c1cccs1. The predicted octanol–water partition coefficient (Wildman–Crippen LogP) is 3.29. The fourth-order valence-corrected chi connectivity index (χ4v) is 4.17. The lowest BCUT2D eigenvalue weighted by atomic mass is 9.82. The van der Waals surface area contributed by atoms with Gasteiger partial charge in [-0.05, 0) is 29.3 Å². The lowest BCUT2D eigenvalue weighted by Gasteiger charge is -2.32. The van der Waals surface area contributed by atoms with Crippen molar-refractivity contribution in [2.75, 3.05) is 0 Å². The van der Waals surface area contributed by atoms with Gasteiger partial charge in [-0.15, -0.1) is 22.7 Å². The average molecular weight is 288 g/mol. The topological polar surface area (TPSA) is 52.9 Å². The van der Waals surface area contributed by atoms with Crippen molar-refractivity contribution in [1.82, 2.24) is 5.32 Å². The van der Waals surface area contributed by atoms with Crippen LogP contribution in [0, 0.1) is 17.2 Å². The highest BCUT2D eigenvalue weighted by atomic mass is 32.1. The van der Waals surface area contributed by atoms with Gasteiger partial charge >= 0.3 is 0 Å². The van der Waals surface area contributed by atoms with Gasteiger partial charge in [0, 0.05) is 15.7 Å². The molecule has 3 heterocycles. The normalized spacial score (nSPS) is 26.7. The number of amides is 1. The molecule has 1 aliphatic rings. The van der Waals surface area contributed by atoms with Gasteiger partial charge in [0.2, 0.25) is 5.91 Å². The summed E-state index contributed by atoms with van der Waals surface area (Å²) < 4.78 is 0. The third-order valence-electron chi connectivity index (χ3n) is 3.43. The average Bonchev–Trinajstić information content (AvgIpc) is 3.11. The summed E-state index contributed by atoms with van der Waals surface area (Å²) in [6.07, 6.45) is 0.797. The molecule has 1 saturated heterocycles. The van der Waals surface area contributed by atoms with Crippen LogP contribution < -0.4 is 5.32 Å². The molecule has 0 aromatic carbocycles. The summed E-state index contributed by atoms with van der Waals surface area (Å²) in [5, 5.41) is 16.2. The van der Waals surface area contributed by atoms with E-state index in [2.05, 4.69) is 11.4 Å². The van der Waals surface area contributed by atoms with Crippen molar-refractivity contribution in [3.63, 3.8) is 0 Å². The zero-order valence-corrected chi connectivity index (χ0v) is 11.7. The highest BCUT2D eigenvalue weighted by Gasteiger charge is 2.38. The highest BCUT2D eigenvalue weighted by molar-refractivity contribution is 7.10. The Kier molecular flexibility index (Phi) is 3.36. The molecular formula is C14H12N2OS2. The van der Waals surface area contributed by atoms with Gasteiger partial charge in [0.1, 0.15) is 5.92 Å². The maximum atomic E-state index is 12.1. The van der Waals surface area contributed by atoms with Crippen LogP contribution in [0.3, 0.4) is 0 Å². The molecule has 3 rings (SSSR count). The Balaban J connectivity index is 1.92. The first-order valence-electron chi connectivity index (χ1n) is 6.06. The fourth-order valence-electron chi connectivity index (χ4n) is 2.50. The number of carbonyl (C=O) groups excluding carboxylic acids is 1. The lowest BCUT2D eigenvalue weighted by molar-refractivity contribution is -0.126.